The summed E-state index contributed by atoms with van der Waals surface area (Å²) in [5.74, 6) is 2.43. The molecule has 0 bridgehead atoms. The third kappa shape index (κ3) is 3.47. The van der Waals surface area contributed by atoms with Crippen LogP contribution in [0.15, 0.2) is 6.20 Å². The predicted molar refractivity (Wildman–Crippen MR) is 81.5 cm³/mol. The molecular formula is C13H23N3S2. The van der Waals surface area contributed by atoms with Crippen molar-refractivity contribution in [1.82, 2.24) is 15.2 Å². The minimum atomic E-state index is 0.428. The molecule has 2 heterocycles. The molecule has 3 nitrogen and oxygen atoms in total. The second-order valence-electron chi connectivity index (χ2n) is 4.85. The number of nitrogens with zero attached hydrogens (tertiary/aromatic N) is 2. The average Bonchev–Trinajstić information content (AvgIpc) is 2.86. The van der Waals surface area contributed by atoms with Crippen LogP contribution in [0.1, 0.15) is 42.2 Å². The zero-order valence-electron chi connectivity index (χ0n) is 11.5. The van der Waals surface area contributed by atoms with E-state index < -0.39 is 0 Å². The lowest BCUT2D eigenvalue weighted by atomic mass is 10.3. The maximum absolute atomic E-state index is 4.64. The standard InChI is InChI=1S/C13H23N3S2/c1-4-5-14-10(2)12-8-15-13(18-12)11-9-17-7-6-16(11)3/h8,10-11,14H,4-7,9H2,1-3H3. The van der Waals surface area contributed by atoms with Crippen LogP contribution in [0.4, 0.5) is 0 Å². The van der Waals surface area contributed by atoms with Gasteiger partial charge in [0.05, 0.1) is 6.04 Å². The Labute approximate surface area is 118 Å². The molecule has 1 saturated heterocycles. The summed E-state index contributed by atoms with van der Waals surface area (Å²) in [6.45, 7) is 6.68. The second kappa shape index (κ2) is 6.89. The van der Waals surface area contributed by atoms with E-state index in [1.807, 2.05) is 23.1 Å². The molecule has 18 heavy (non-hydrogen) atoms. The topological polar surface area (TPSA) is 28.2 Å². The zero-order valence-corrected chi connectivity index (χ0v) is 13.1. The fourth-order valence-corrected chi connectivity index (χ4v) is 4.50. The van der Waals surface area contributed by atoms with Crippen molar-refractivity contribution >= 4 is 23.1 Å². The van der Waals surface area contributed by atoms with E-state index in [4.69, 9.17) is 0 Å². The van der Waals surface area contributed by atoms with Gasteiger partial charge in [0.1, 0.15) is 5.01 Å². The lowest BCUT2D eigenvalue weighted by Gasteiger charge is -2.30. The van der Waals surface area contributed by atoms with Crippen LogP contribution in [-0.2, 0) is 0 Å². The van der Waals surface area contributed by atoms with Crippen LogP contribution >= 0.6 is 23.1 Å². The van der Waals surface area contributed by atoms with E-state index in [0.29, 0.717) is 12.1 Å². The van der Waals surface area contributed by atoms with Crippen molar-refractivity contribution in [2.24, 2.45) is 0 Å². The molecule has 1 N–H and O–H groups in total. The fraction of sp³-hybridized carbons (Fsp3) is 0.769. The van der Waals surface area contributed by atoms with Gasteiger partial charge in [-0.2, -0.15) is 11.8 Å². The maximum Gasteiger partial charge on any atom is 0.111 e. The Morgan fingerprint density at radius 1 is 1.61 bits per heavy atom. The summed E-state index contributed by atoms with van der Waals surface area (Å²) < 4.78 is 0. The summed E-state index contributed by atoms with van der Waals surface area (Å²) in [4.78, 5) is 8.44. The fourth-order valence-electron chi connectivity index (χ4n) is 2.06. The number of nitrogens with one attached hydrogen (secondary N) is 1. The first-order valence-corrected chi connectivity index (χ1v) is 8.66. The lowest BCUT2D eigenvalue weighted by Crippen LogP contribution is -2.32. The number of aromatic nitrogens is 1. The van der Waals surface area contributed by atoms with Gasteiger partial charge < -0.3 is 5.32 Å². The van der Waals surface area contributed by atoms with Crippen molar-refractivity contribution in [2.45, 2.75) is 32.4 Å². The van der Waals surface area contributed by atoms with Gasteiger partial charge in [0, 0.05) is 35.2 Å². The molecule has 1 aromatic rings. The molecule has 0 aromatic carbocycles. The van der Waals surface area contributed by atoms with E-state index in [1.54, 1.807) is 0 Å². The molecule has 0 spiro atoms. The van der Waals surface area contributed by atoms with Gasteiger partial charge in [-0.05, 0) is 26.9 Å². The number of thioether (sulfide) groups is 1. The molecule has 1 fully saturated rings. The van der Waals surface area contributed by atoms with E-state index in [9.17, 15) is 0 Å². The van der Waals surface area contributed by atoms with Gasteiger partial charge in [-0.25, -0.2) is 4.98 Å². The van der Waals surface area contributed by atoms with E-state index in [1.165, 1.54) is 34.4 Å². The van der Waals surface area contributed by atoms with Crippen LogP contribution in [0.25, 0.3) is 0 Å². The van der Waals surface area contributed by atoms with E-state index in [2.05, 4.69) is 42.3 Å². The Balaban J connectivity index is 2.00. The maximum atomic E-state index is 4.64. The monoisotopic (exact) mass is 285 g/mol. The van der Waals surface area contributed by atoms with E-state index in [-0.39, 0.29) is 0 Å². The normalized spacial score (nSPS) is 23.2. The van der Waals surface area contributed by atoms with Gasteiger partial charge in [-0.3, -0.25) is 4.90 Å². The highest BCUT2D eigenvalue weighted by Crippen LogP contribution is 2.32. The van der Waals surface area contributed by atoms with Gasteiger partial charge in [0.25, 0.3) is 0 Å². The quantitative estimate of drug-likeness (QED) is 0.900. The van der Waals surface area contributed by atoms with Crippen molar-refractivity contribution in [3.63, 3.8) is 0 Å². The Kier molecular flexibility index (Phi) is 5.48. The Morgan fingerprint density at radius 2 is 2.44 bits per heavy atom. The molecule has 1 aliphatic heterocycles. The molecule has 2 unspecified atom stereocenters. The first-order valence-electron chi connectivity index (χ1n) is 6.69. The third-order valence-corrected chi connectivity index (χ3v) is 5.65. The van der Waals surface area contributed by atoms with Crippen LogP contribution < -0.4 is 5.32 Å². The Bertz CT molecular complexity index is 367. The Hall–Kier alpha value is -0.100. The van der Waals surface area contributed by atoms with Crippen molar-refractivity contribution < 1.29 is 0 Å². The number of hydrogen-bond acceptors (Lipinski definition) is 5. The molecule has 0 amide bonds. The second-order valence-corrected chi connectivity index (χ2v) is 7.09. The molecule has 1 aliphatic rings. The van der Waals surface area contributed by atoms with Crippen molar-refractivity contribution in [3.8, 4) is 0 Å². The van der Waals surface area contributed by atoms with Crippen LogP contribution in [0.2, 0.25) is 0 Å². The number of hydrogen-bond donors (Lipinski definition) is 1. The summed E-state index contributed by atoms with van der Waals surface area (Å²) in [5.41, 5.74) is 0. The molecule has 102 valence electrons. The lowest BCUT2D eigenvalue weighted by molar-refractivity contribution is 0.274. The molecular weight excluding hydrogens is 262 g/mol. The van der Waals surface area contributed by atoms with Gasteiger partial charge in [-0.15, -0.1) is 11.3 Å². The molecule has 2 atom stereocenters. The highest BCUT2D eigenvalue weighted by Gasteiger charge is 2.24. The van der Waals surface area contributed by atoms with Gasteiger partial charge in [0.15, 0.2) is 0 Å². The minimum absolute atomic E-state index is 0.428. The minimum Gasteiger partial charge on any atom is -0.309 e. The smallest absolute Gasteiger partial charge is 0.111 e. The van der Waals surface area contributed by atoms with Gasteiger partial charge >= 0.3 is 0 Å². The summed E-state index contributed by atoms with van der Waals surface area (Å²) in [7, 11) is 2.21. The molecule has 0 radical (unpaired) electrons. The van der Waals surface area contributed by atoms with Gasteiger partial charge in [-0.1, -0.05) is 6.92 Å². The van der Waals surface area contributed by atoms with Crippen LogP contribution in [0.3, 0.4) is 0 Å². The number of thiazole rings is 1. The number of rotatable bonds is 5. The molecule has 0 saturated carbocycles. The third-order valence-electron chi connectivity index (χ3n) is 3.35. The van der Waals surface area contributed by atoms with Crippen molar-refractivity contribution in [3.05, 3.63) is 16.1 Å². The highest BCUT2D eigenvalue weighted by atomic mass is 32.2. The summed E-state index contributed by atoms with van der Waals surface area (Å²) in [6, 6.07) is 0.943. The molecule has 2 rings (SSSR count). The van der Waals surface area contributed by atoms with E-state index >= 15 is 0 Å². The first kappa shape index (κ1) is 14.3. The summed E-state index contributed by atoms with van der Waals surface area (Å²) >= 11 is 3.92. The molecule has 5 heteroatoms. The summed E-state index contributed by atoms with van der Waals surface area (Å²) in [5, 5.41) is 4.81. The summed E-state index contributed by atoms with van der Waals surface area (Å²) in [6.07, 6.45) is 3.23. The predicted octanol–water partition coefficient (Wildman–Crippen LogP) is 2.92. The van der Waals surface area contributed by atoms with Crippen LogP contribution in [-0.4, -0.2) is 41.5 Å². The van der Waals surface area contributed by atoms with Crippen LogP contribution in [0.5, 0.6) is 0 Å². The largest absolute Gasteiger partial charge is 0.309 e. The van der Waals surface area contributed by atoms with Gasteiger partial charge in [0.2, 0.25) is 0 Å². The zero-order chi connectivity index (χ0) is 13.0. The first-order chi connectivity index (χ1) is 8.72. The Morgan fingerprint density at radius 3 is 3.17 bits per heavy atom. The average molecular weight is 285 g/mol. The van der Waals surface area contributed by atoms with Crippen LogP contribution in [0, 0.1) is 0 Å². The SMILES string of the molecule is CCCNC(C)c1cnc(C2CSCCN2C)s1. The van der Waals surface area contributed by atoms with E-state index in [0.717, 1.165) is 6.54 Å². The van der Waals surface area contributed by atoms with Crippen molar-refractivity contribution in [1.29, 1.82) is 0 Å². The molecule has 1 aromatic heterocycles. The van der Waals surface area contributed by atoms with Crippen molar-refractivity contribution in [2.75, 3.05) is 31.6 Å². The highest BCUT2D eigenvalue weighted by molar-refractivity contribution is 7.99. The molecule has 0 aliphatic carbocycles.